The number of anilines is 1. The number of nitrogens with zero attached hydrogens (tertiary/aromatic N) is 4. The first kappa shape index (κ1) is 16.4. The summed E-state index contributed by atoms with van der Waals surface area (Å²) in [6.45, 7) is 1.74. The van der Waals surface area contributed by atoms with E-state index in [9.17, 15) is 4.79 Å². The second-order valence-electron chi connectivity index (χ2n) is 4.08. The lowest BCUT2D eigenvalue weighted by Crippen LogP contribution is -2.23. The topological polar surface area (TPSA) is 72.7 Å². The minimum absolute atomic E-state index is 0.247. The van der Waals surface area contributed by atoms with Gasteiger partial charge in [0.15, 0.2) is 0 Å². The van der Waals surface area contributed by atoms with E-state index in [-0.39, 0.29) is 5.91 Å². The monoisotopic (exact) mass is 365 g/mol. The van der Waals surface area contributed by atoms with Gasteiger partial charge in [-0.15, -0.1) is 5.10 Å². The van der Waals surface area contributed by atoms with Crippen LogP contribution in [0.5, 0.6) is 0 Å². The van der Waals surface area contributed by atoms with E-state index in [1.54, 1.807) is 14.0 Å². The van der Waals surface area contributed by atoms with Gasteiger partial charge in [0.05, 0.1) is 26.0 Å². The smallest absolute Gasteiger partial charge is 0.237 e. The summed E-state index contributed by atoms with van der Waals surface area (Å²) in [7, 11) is 1.70. The van der Waals surface area contributed by atoms with Crippen molar-refractivity contribution in [2.24, 2.45) is 7.05 Å². The fourth-order valence-electron chi connectivity index (χ4n) is 1.39. The zero-order chi connectivity index (χ0) is 15.6. The molecule has 0 aliphatic heterocycles. The van der Waals surface area contributed by atoms with E-state index in [2.05, 4.69) is 20.8 Å². The lowest BCUT2D eigenvalue weighted by molar-refractivity contribution is -0.115. The molecule has 1 amide bonds. The second kappa shape index (κ2) is 6.83. The number of amides is 1. The minimum atomic E-state index is -0.416. The van der Waals surface area contributed by atoms with Crippen LogP contribution in [0.2, 0.25) is 15.1 Å². The molecule has 0 spiro atoms. The third kappa shape index (κ3) is 4.00. The van der Waals surface area contributed by atoms with Gasteiger partial charge in [0.1, 0.15) is 0 Å². The highest BCUT2D eigenvalue weighted by Gasteiger charge is 2.19. The lowest BCUT2D eigenvalue weighted by Gasteiger charge is -2.12. The average Bonchev–Trinajstić information content (AvgIpc) is 2.81. The molecule has 1 atom stereocenters. The number of halogens is 3. The summed E-state index contributed by atoms with van der Waals surface area (Å²) in [5, 5.41) is 14.8. The van der Waals surface area contributed by atoms with Gasteiger partial charge >= 0.3 is 0 Å². The van der Waals surface area contributed by atoms with Crippen LogP contribution in [0.15, 0.2) is 17.3 Å². The summed E-state index contributed by atoms with van der Waals surface area (Å²) in [5.74, 6) is -0.247. The molecule has 0 bridgehead atoms. The fourth-order valence-corrected chi connectivity index (χ4v) is 2.73. The van der Waals surface area contributed by atoms with E-state index in [1.807, 2.05) is 0 Å². The van der Waals surface area contributed by atoms with Gasteiger partial charge in [-0.3, -0.25) is 4.79 Å². The van der Waals surface area contributed by atoms with Crippen LogP contribution in [0.3, 0.4) is 0 Å². The van der Waals surface area contributed by atoms with Crippen molar-refractivity contribution in [3.05, 3.63) is 27.2 Å². The molecule has 21 heavy (non-hydrogen) atoms. The number of aromatic nitrogens is 4. The molecule has 10 heteroatoms. The fraction of sp³-hybridized carbons (Fsp3) is 0.273. The highest BCUT2D eigenvalue weighted by molar-refractivity contribution is 8.00. The first-order valence-electron chi connectivity index (χ1n) is 5.73. The van der Waals surface area contributed by atoms with Crippen molar-refractivity contribution in [3.8, 4) is 0 Å². The Balaban J connectivity index is 2.07. The molecular weight excluding hydrogens is 357 g/mol. The first-order valence-corrected chi connectivity index (χ1v) is 7.74. The van der Waals surface area contributed by atoms with Crippen LogP contribution in [0.1, 0.15) is 6.92 Å². The molecular formula is C11H10Cl3N5OS. The highest BCUT2D eigenvalue weighted by Crippen LogP contribution is 2.32. The van der Waals surface area contributed by atoms with Crippen LogP contribution in [-0.2, 0) is 11.8 Å². The Bertz CT molecular complexity index is 678. The van der Waals surface area contributed by atoms with Crippen LogP contribution in [-0.4, -0.2) is 31.4 Å². The number of aryl methyl sites for hydroxylation is 1. The van der Waals surface area contributed by atoms with Crippen LogP contribution in [0.4, 0.5) is 5.69 Å². The number of benzene rings is 1. The van der Waals surface area contributed by atoms with Crippen molar-refractivity contribution >= 4 is 58.2 Å². The van der Waals surface area contributed by atoms with Crippen molar-refractivity contribution in [1.82, 2.24) is 20.2 Å². The number of tetrazole rings is 1. The van der Waals surface area contributed by atoms with E-state index < -0.39 is 5.25 Å². The molecule has 2 aromatic rings. The maximum atomic E-state index is 12.2. The second-order valence-corrected chi connectivity index (χ2v) is 6.61. The van der Waals surface area contributed by atoms with Gasteiger partial charge in [-0.25, -0.2) is 4.68 Å². The Morgan fingerprint density at radius 2 is 1.95 bits per heavy atom. The Morgan fingerprint density at radius 1 is 1.29 bits per heavy atom. The van der Waals surface area contributed by atoms with Gasteiger partial charge in [0, 0.05) is 7.05 Å². The first-order chi connectivity index (χ1) is 9.88. The third-order valence-corrected chi connectivity index (χ3v) is 4.66. The zero-order valence-electron chi connectivity index (χ0n) is 11.0. The molecule has 0 saturated carbocycles. The Labute approximate surface area is 140 Å². The number of rotatable bonds is 4. The molecule has 112 valence electrons. The summed E-state index contributed by atoms with van der Waals surface area (Å²) in [4.78, 5) is 12.2. The van der Waals surface area contributed by atoms with Gasteiger partial charge in [-0.2, -0.15) is 0 Å². The SMILES string of the molecule is C[C@@H](Sc1nnnn1C)C(=O)Nc1cc(Cl)c(Cl)cc1Cl. The summed E-state index contributed by atoms with van der Waals surface area (Å²) >= 11 is 19.0. The van der Waals surface area contributed by atoms with E-state index in [0.717, 1.165) is 0 Å². The minimum Gasteiger partial charge on any atom is -0.324 e. The molecule has 1 N–H and O–H groups in total. The van der Waals surface area contributed by atoms with E-state index in [4.69, 9.17) is 34.8 Å². The molecule has 0 aliphatic carbocycles. The summed E-state index contributed by atoms with van der Waals surface area (Å²) in [6, 6.07) is 2.98. The summed E-state index contributed by atoms with van der Waals surface area (Å²) in [6.07, 6.45) is 0. The van der Waals surface area contributed by atoms with Crippen molar-refractivity contribution in [2.45, 2.75) is 17.3 Å². The van der Waals surface area contributed by atoms with Crippen LogP contribution < -0.4 is 5.32 Å². The molecule has 2 rings (SSSR count). The predicted octanol–water partition coefficient (Wildman–Crippen LogP) is 3.29. The number of nitrogens with one attached hydrogen (secondary N) is 1. The van der Waals surface area contributed by atoms with Gasteiger partial charge in [0.2, 0.25) is 11.1 Å². The predicted molar refractivity (Wildman–Crippen MR) is 84.2 cm³/mol. The summed E-state index contributed by atoms with van der Waals surface area (Å²) < 4.78 is 1.49. The van der Waals surface area contributed by atoms with Crippen molar-refractivity contribution < 1.29 is 4.79 Å². The molecule has 6 nitrogen and oxygen atoms in total. The third-order valence-electron chi connectivity index (χ3n) is 2.50. The summed E-state index contributed by atoms with van der Waals surface area (Å²) in [5.41, 5.74) is 0.402. The van der Waals surface area contributed by atoms with E-state index >= 15 is 0 Å². The molecule has 1 aromatic heterocycles. The van der Waals surface area contributed by atoms with Crippen molar-refractivity contribution in [2.75, 3.05) is 5.32 Å². The van der Waals surface area contributed by atoms with Crippen molar-refractivity contribution in [3.63, 3.8) is 0 Å². The van der Waals surface area contributed by atoms with Gasteiger partial charge in [-0.1, -0.05) is 46.6 Å². The van der Waals surface area contributed by atoms with Crippen LogP contribution in [0, 0.1) is 0 Å². The largest absolute Gasteiger partial charge is 0.324 e. The standard InChI is InChI=1S/C11H10Cl3N5OS/c1-5(21-11-16-17-18-19(11)2)10(20)15-9-4-7(13)6(12)3-8(9)14/h3-5H,1-2H3,(H,15,20)/t5-/m1/s1. The maximum absolute atomic E-state index is 12.2. The lowest BCUT2D eigenvalue weighted by atomic mass is 10.3. The van der Waals surface area contributed by atoms with Crippen molar-refractivity contribution in [1.29, 1.82) is 0 Å². The zero-order valence-corrected chi connectivity index (χ0v) is 14.1. The van der Waals surface area contributed by atoms with Gasteiger partial charge < -0.3 is 5.32 Å². The molecule has 0 fully saturated rings. The molecule has 0 aliphatic rings. The molecule has 0 unspecified atom stereocenters. The maximum Gasteiger partial charge on any atom is 0.237 e. The molecule has 1 heterocycles. The number of carbonyl (C=O) groups excluding carboxylic acids is 1. The average molecular weight is 367 g/mol. The normalized spacial score (nSPS) is 12.2. The molecule has 1 aromatic carbocycles. The van der Waals surface area contributed by atoms with Gasteiger partial charge in [-0.05, 0) is 29.5 Å². The Hall–Kier alpha value is -1.02. The number of hydrogen-bond acceptors (Lipinski definition) is 5. The van der Waals surface area contributed by atoms with E-state index in [1.165, 1.54) is 28.6 Å². The molecule has 0 radical (unpaired) electrons. The van der Waals surface area contributed by atoms with E-state index in [0.29, 0.717) is 25.9 Å². The Kier molecular flexibility index (Phi) is 5.32. The number of carbonyl (C=O) groups is 1. The van der Waals surface area contributed by atoms with Crippen LogP contribution >= 0.6 is 46.6 Å². The Morgan fingerprint density at radius 3 is 2.57 bits per heavy atom. The highest BCUT2D eigenvalue weighted by atomic mass is 35.5. The van der Waals surface area contributed by atoms with Gasteiger partial charge in [0.25, 0.3) is 0 Å². The molecule has 0 saturated heterocycles. The quantitative estimate of drug-likeness (QED) is 0.664. The van der Waals surface area contributed by atoms with Crippen LogP contribution in [0.25, 0.3) is 0 Å². The number of thioether (sulfide) groups is 1. The number of hydrogen-bond donors (Lipinski definition) is 1.